The summed E-state index contributed by atoms with van der Waals surface area (Å²) in [6.07, 6.45) is 6.01. The Hall–Kier alpha value is -2.87. The zero-order valence-electron chi connectivity index (χ0n) is 16.7. The number of fused-ring (bicyclic) bond motifs is 3. The largest absolute Gasteiger partial charge is 0.356 e. The van der Waals surface area contributed by atoms with E-state index in [1.54, 1.807) is 25.1 Å². The first-order chi connectivity index (χ1) is 14.4. The molecule has 2 aromatic carbocycles. The van der Waals surface area contributed by atoms with E-state index in [-0.39, 0.29) is 5.75 Å². The second-order valence-electron chi connectivity index (χ2n) is 8.15. The van der Waals surface area contributed by atoms with Crippen LogP contribution in [0.1, 0.15) is 46.4 Å². The Morgan fingerprint density at radius 3 is 2.47 bits per heavy atom. The predicted octanol–water partition coefficient (Wildman–Crippen LogP) is 3.77. The summed E-state index contributed by atoms with van der Waals surface area (Å²) in [5.41, 5.74) is 7.58. The average Bonchev–Trinajstić information content (AvgIpc) is 3.41. The molecule has 2 aliphatic rings. The number of sulfonamides is 1. The summed E-state index contributed by atoms with van der Waals surface area (Å²) in [6, 6.07) is 6.66. The fourth-order valence-corrected chi connectivity index (χ4v) is 5.72. The van der Waals surface area contributed by atoms with Gasteiger partial charge in [-0.1, -0.05) is 17.3 Å². The normalized spacial score (nSPS) is 15.2. The van der Waals surface area contributed by atoms with Crippen LogP contribution in [0.2, 0.25) is 0 Å². The van der Waals surface area contributed by atoms with E-state index in [0.717, 1.165) is 60.7 Å². The Morgan fingerprint density at radius 1 is 1.07 bits per heavy atom. The Balaban J connectivity index is 1.34. The van der Waals surface area contributed by atoms with Crippen LogP contribution >= 0.6 is 0 Å². The molecule has 0 saturated heterocycles. The number of amides is 2. The van der Waals surface area contributed by atoms with Gasteiger partial charge in [0.2, 0.25) is 10.0 Å². The standard InChI is InChI=1S/C22H23N3O4S/c1-13-19-10-14(8-9-20(19)29-24-13)12-30(27,28)25-22(26)23-21-17-6-2-4-15(17)11-16-5-3-7-18(16)21/h8-11H,2-7,12H2,1H3,(H2,23,25,26). The van der Waals surface area contributed by atoms with Crippen LogP contribution in [0.15, 0.2) is 28.8 Å². The Labute approximate surface area is 174 Å². The number of nitrogens with zero attached hydrogens (tertiary/aromatic N) is 1. The highest BCUT2D eigenvalue weighted by Gasteiger charge is 2.26. The molecule has 8 heteroatoms. The lowest BCUT2D eigenvalue weighted by molar-refractivity contribution is 0.256. The minimum absolute atomic E-state index is 0.300. The molecule has 0 unspecified atom stereocenters. The summed E-state index contributed by atoms with van der Waals surface area (Å²) in [4.78, 5) is 12.6. The van der Waals surface area contributed by atoms with Crippen LogP contribution in [-0.2, 0) is 41.5 Å². The Morgan fingerprint density at radius 2 is 1.77 bits per heavy atom. The second-order valence-corrected chi connectivity index (χ2v) is 9.87. The molecule has 5 rings (SSSR count). The number of anilines is 1. The smallest absolute Gasteiger partial charge is 0.332 e. The summed E-state index contributed by atoms with van der Waals surface area (Å²) in [6.45, 7) is 1.80. The molecular formula is C22H23N3O4S. The number of aryl methyl sites for hydroxylation is 3. The number of benzene rings is 2. The molecule has 2 amide bonds. The minimum atomic E-state index is -3.86. The van der Waals surface area contributed by atoms with Crippen LogP contribution in [0.4, 0.5) is 10.5 Å². The van der Waals surface area contributed by atoms with E-state index in [9.17, 15) is 13.2 Å². The van der Waals surface area contributed by atoms with Gasteiger partial charge >= 0.3 is 6.03 Å². The zero-order valence-corrected chi connectivity index (χ0v) is 17.6. The first-order valence-electron chi connectivity index (χ1n) is 10.2. The van der Waals surface area contributed by atoms with E-state index in [4.69, 9.17) is 4.52 Å². The number of rotatable bonds is 4. The van der Waals surface area contributed by atoms with E-state index in [1.807, 2.05) is 0 Å². The predicted molar refractivity (Wildman–Crippen MR) is 114 cm³/mol. The molecule has 0 aliphatic heterocycles. The van der Waals surface area contributed by atoms with Crippen molar-refractivity contribution in [3.8, 4) is 0 Å². The average molecular weight is 426 g/mol. The SMILES string of the molecule is Cc1noc2ccc(CS(=O)(=O)NC(=O)Nc3c4c(cc5c3CCC5)CCC4)cc12. The van der Waals surface area contributed by atoms with E-state index in [1.165, 1.54) is 11.1 Å². The van der Waals surface area contributed by atoms with Gasteiger partial charge in [0.05, 0.1) is 11.4 Å². The van der Waals surface area contributed by atoms with Gasteiger partial charge in [-0.05, 0) is 85.4 Å². The third-order valence-corrected chi connectivity index (χ3v) is 7.24. The molecule has 3 aromatic rings. The number of hydrogen-bond donors (Lipinski definition) is 2. The van der Waals surface area contributed by atoms with Crippen molar-refractivity contribution in [3.05, 3.63) is 57.8 Å². The molecule has 1 aromatic heterocycles. The number of nitrogens with one attached hydrogen (secondary N) is 2. The van der Waals surface area contributed by atoms with Crippen molar-refractivity contribution in [2.45, 2.75) is 51.2 Å². The van der Waals surface area contributed by atoms with Crippen molar-refractivity contribution in [2.24, 2.45) is 0 Å². The molecule has 2 aliphatic carbocycles. The van der Waals surface area contributed by atoms with Crippen molar-refractivity contribution in [2.75, 3.05) is 5.32 Å². The van der Waals surface area contributed by atoms with Gasteiger partial charge in [0.25, 0.3) is 0 Å². The van der Waals surface area contributed by atoms with Crippen LogP contribution in [0.25, 0.3) is 11.0 Å². The lowest BCUT2D eigenvalue weighted by Gasteiger charge is -2.16. The maximum absolute atomic E-state index is 12.6. The van der Waals surface area contributed by atoms with Gasteiger partial charge in [-0.15, -0.1) is 0 Å². The van der Waals surface area contributed by atoms with Crippen molar-refractivity contribution in [1.29, 1.82) is 0 Å². The highest BCUT2D eigenvalue weighted by Crippen LogP contribution is 2.38. The molecule has 0 atom stereocenters. The third kappa shape index (κ3) is 3.45. The van der Waals surface area contributed by atoms with Crippen LogP contribution in [0.5, 0.6) is 0 Å². The fourth-order valence-electron chi connectivity index (χ4n) is 4.70. The van der Waals surface area contributed by atoms with Gasteiger partial charge in [-0.2, -0.15) is 0 Å². The van der Waals surface area contributed by atoms with Crippen LogP contribution in [0.3, 0.4) is 0 Å². The van der Waals surface area contributed by atoms with Crippen LogP contribution in [0, 0.1) is 6.92 Å². The van der Waals surface area contributed by atoms with Gasteiger partial charge in [0.15, 0.2) is 5.58 Å². The molecule has 7 nitrogen and oxygen atoms in total. The lowest BCUT2D eigenvalue weighted by atomic mass is 9.99. The van der Waals surface area contributed by atoms with Crippen molar-refractivity contribution in [3.63, 3.8) is 0 Å². The maximum atomic E-state index is 12.6. The number of aromatic nitrogens is 1. The van der Waals surface area contributed by atoms with Crippen LogP contribution in [-0.4, -0.2) is 19.6 Å². The molecule has 2 N–H and O–H groups in total. The van der Waals surface area contributed by atoms with Crippen LogP contribution < -0.4 is 10.0 Å². The Bertz CT molecular complexity index is 1250. The Kier molecular flexibility index (Phi) is 4.54. The van der Waals surface area contributed by atoms with Gasteiger partial charge < -0.3 is 9.84 Å². The summed E-state index contributed by atoms with van der Waals surface area (Å²) in [7, 11) is -3.86. The topological polar surface area (TPSA) is 101 Å². The monoisotopic (exact) mass is 425 g/mol. The first kappa shape index (κ1) is 19.1. The summed E-state index contributed by atoms with van der Waals surface area (Å²) in [5, 5.41) is 7.51. The summed E-state index contributed by atoms with van der Waals surface area (Å²) < 4.78 is 32.6. The molecule has 0 bridgehead atoms. The van der Waals surface area contributed by atoms with Crippen molar-refractivity contribution < 1.29 is 17.7 Å². The molecule has 0 spiro atoms. The highest BCUT2D eigenvalue weighted by molar-refractivity contribution is 7.89. The maximum Gasteiger partial charge on any atom is 0.332 e. The number of hydrogen-bond acceptors (Lipinski definition) is 5. The number of carbonyl (C=O) groups excluding carboxylic acids is 1. The molecule has 0 saturated carbocycles. The molecule has 0 radical (unpaired) electrons. The van der Waals surface area contributed by atoms with E-state index >= 15 is 0 Å². The highest BCUT2D eigenvalue weighted by atomic mass is 32.2. The van der Waals surface area contributed by atoms with E-state index in [2.05, 4.69) is 21.3 Å². The van der Waals surface area contributed by atoms with Gasteiger partial charge in [-0.3, -0.25) is 0 Å². The fraction of sp³-hybridized carbons (Fsp3) is 0.364. The second kappa shape index (κ2) is 7.12. The summed E-state index contributed by atoms with van der Waals surface area (Å²) in [5.74, 6) is -0.300. The molecule has 30 heavy (non-hydrogen) atoms. The molecule has 0 fully saturated rings. The molecule has 156 valence electrons. The number of carbonyl (C=O) groups is 1. The number of urea groups is 1. The van der Waals surface area contributed by atoms with E-state index in [0.29, 0.717) is 16.8 Å². The summed E-state index contributed by atoms with van der Waals surface area (Å²) >= 11 is 0. The van der Waals surface area contributed by atoms with Crippen molar-refractivity contribution in [1.82, 2.24) is 9.88 Å². The van der Waals surface area contributed by atoms with Gasteiger partial charge in [0, 0.05) is 11.1 Å². The van der Waals surface area contributed by atoms with Crippen molar-refractivity contribution >= 4 is 32.7 Å². The van der Waals surface area contributed by atoms with Gasteiger partial charge in [-0.25, -0.2) is 17.9 Å². The minimum Gasteiger partial charge on any atom is -0.356 e. The molecule has 1 heterocycles. The molecular weight excluding hydrogens is 402 g/mol. The van der Waals surface area contributed by atoms with E-state index < -0.39 is 16.1 Å². The first-order valence-corrected chi connectivity index (χ1v) is 11.9. The lowest BCUT2D eigenvalue weighted by Crippen LogP contribution is -2.35. The zero-order chi connectivity index (χ0) is 20.9. The quantitative estimate of drug-likeness (QED) is 0.663. The third-order valence-electron chi connectivity index (χ3n) is 6.03. The van der Waals surface area contributed by atoms with Gasteiger partial charge in [0.1, 0.15) is 0 Å².